The highest BCUT2D eigenvalue weighted by Gasteiger charge is 2.04. The van der Waals surface area contributed by atoms with Crippen molar-refractivity contribution in [2.45, 2.75) is 6.92 Å². The van der Waals surface area contributed by atoms with E-state index < -0.39 is 0 Å². The third kappa shape index (κ3) is 0.845. The number of anilines is 1. The molecule has 0 atom stereocenters. The minimum Gasteiger partial charge on any atom is -0.382 e. The monoisotopic (exact) mass is 165 g/mol. The third-order valence-corrected chi connectivity index (χ3v) is 1.83. The average Bonchev–Trinajstić information content (AvgIpc) is 2.39. The first-order chi connectivity index (χ1) is 5.68. The summed E-state index contributed by atoms with van der Waals surface area (Å²) in [5, 5.41) is 0. The molecular formula is C8H8FN3. The van der Waals surface area contributed by atoms with Crippen LogP contribution in [0.3, 0.4) is 0 Å². The first-order valence-electron chi connectivity index (χ1n) is 3.58. The summed E-state index contributed by atoms with van der Waals surface area (Å²) in [6, 6.07) is 1.39. The zero-order valence-electron chi connectivity index (χ0n) is 6.58. The molecule has 0 fully saturated rings. The molecule has 0 unspecified atom stereocenters. The second kappa shape index (κ2) is 2.20. The number of imidazole rings is 1. The molecule has 2 aromatic heterocycles. The Morgan fingerprint density at radius 1 is 1.58 bits per heavy atom. The number of hydrogen-bond acceptors (Lipinski definition) is 2. The van der Waals surface area contributed by atoms with Crippen molar-refractivity contribution < 1.29 is 4.39 Å². The smallest absolute Gasteiger partial charge is 0.145 e. The molecule has 0 aliphatic rings. The van der Waals surface area contributed by atoms with Crippen molar-refractivity contribution in [1.29, 1.82) is 0 Å². The predicted molar refractivity (Wildman–Crippen MR) is 44.3 cm³/mol. The fourth-order valence-electron chi connectivity index (χ4n) is 1.18. The molecule has 0 radical (unpaired) electrons. The van der Waals surface area contributed by atoms with Gasteiger partial charge in [-0.15, -0.1) is 0 Å². The lowest BCUT2D eigenvalue weighted by Gasteiger charge is -1.97. The van der Waals surface area contributed by atoms with Crippen molar-refractivity contribution in [1.82, 2.24) is 9.38 Å². The molecule has 4 heteroatoms. The molecule has 0 amide bonds. The summed E-state index contributed by atoms with van der Waals surface area (Å²) in [6.07, 6.45) is 3.25. The highest BCUT2D eigenvalue weighted by molar-refractivity contribution is 5.52. The Hall–Kier alpha value is -1.58. The second-order valence-electron chi connectivity index (χ2n) is 2.69. The number of hydrogen-bond donors (Lipinski definition) is 1. The Morgan fingerprint density at radius 3 is 3.08 bits per heavy atom. The van der Waals surface area contributed by atoms with Crippen LogP contribution in [0.25, 0.3) is 5.65 Å². The van der Waals surface area contributed by atoms with Crippen LogP contribution in [0.1, 0.15) is 5.56 Å². The number of nitrogens with two attached hydrogens (primary N) is 1. The van der Waals surface area contributed by atoms with Crippen LogP contribution in [-0.4, -0.2) is 9.38 Å². The molecule has 2 rings (SSSR count). The lowest BCUT2D eigenvalue weighted by Crippen LogP contribution is -1.90. The lowest BCUT2D eigenvalue weighted by atomic mass is 10.3. The molecule has 0 aromatic carbocycles. The van der Waals surface area contributed by atoms with Gasteiger partial charge < -0.3 is 10.1 Å². The summed E-state index contributed by atoms with van der Waals surface area (Å²) in [5.41, 5.74) is 6.55. The third-order valence-electron chi connectivity index (χ3n) is 1.83. The van der Waals surface area contributed by atoms with Crippen molar-refractivity contribution in [3.8, 4) is 0 Å². The molecule has 2 heterocycles. The van der Waals surface area contributed by atoms with Gasteiger partial charge in [0.15, 0.2) is 0 Å². The molecule has 0 bridgehead atoms. The minimum absolute atomic E-state index is 0.256. The SMILES string of the molecule is Cc1c(F)ccn2cc(N)nc12. The fourth-order valence-corrected chi connectivity index (χ4v) is 1.18. The Labute approximate surface area is 68.6 Å². The Kier molecular flexibility index (Phi) is 1.30. The van der Waals surface area contributed by atoms with Crippen LogP contribution in [0, 0.1) is 12.7 Å². The standard InChI is InChI=1S/C8H8FN3/c1-5-6(9)2-3-12-4-7(10)11-8(5)12/h2-4H,10H2,1H3. The van der Waals surface area contributed by atoms with Crippen LogP contribution in [0.4, 0.5) is 10.2 Å². The number of pyridine rings is 1. The van der Waals surface area contributed by atoms with Gasteiger partial charge in [-0.25, -0.2) is 9.37 Å². The van der Waals surface area contributed by atoms with Gasteiger partial charge >= 0.3 is 0 Å². The van der Waals surface area contributed by atoms with E-state index in [4.69, 9.17) is 5.73 Å². The van der Waals surface area contributed by atoms with Crippen molar-refractivity contribution in [2.75, 3.05) is 5.73 Å². The highest BCUT2D eigenvalue weighted by Crippen LogP contribution is 2.14. The zero-order valence-corrected chi connectivity index (χ0v) is 6.58. The van der Waals surface area contributed by atoms with E-state index in [1.165, 1.54) is 6.07 Å². The number of fused-ring (bicyclic) bond motifs is 1. The van der Waals surface area contributed by atoms with Crippen LogP contribution in [0.5, 0.6) is 0 Å². The first kappa shape index (κ1) is 7.09. The lowest BCUT2D eigenvalue weighted by molar-refractivity contribution is 0.617. The number of rotatable bonds is 0. The average molecular weight is 165 g/mol. The van der Waals surface area contributed by atoms with Crippen LogP contribution < -0.4 is 5.73 Å². The summed E-state index contributed by atoms with van der Waals surface area (Å²) < 4.78 is 14.7. The molecule has 0 saturated carbocycles. The van der Waals surface area contributed by atoms with Gasteiger partial charge in [-0.05, 0) is 13.0 Å². The molecular weight excluding hydrogens is 157 g/mol. The quantitative estimate of drug-likeness (QED) is 0.640. The molecule has 0 aliphatic carbocycles. The Morgan fingerprint density at radius 2 is 2.33 bits per heavy atom. The summed E-state index contributed by atoms with van der Waals surface area (Å²) in [4.78, 5) is 3.97. The van der Waals surface area contributed by atoms with E-state index in [9.17, 15) is 4.39 Å². The number of nitrogens with zero attached hydrogens (tertiary/aromatic N) is 2. The fraction of sp³-hybridized carbons (Fsp3) is 0.125. The Bertz CT molecular complexity index is 433. The molecule has 12 heavy (non-hydrogen) atoms. The van der Waals surface area contributed by atoms with E-state index in [2.05, 4.69) is 4.98 Å². The molecule has 3 nitrogen and oxygen atoms in total. The number of nitrogen functional groups attached to an aromatic ring is 1. The topological polar surface area (TPSA) is 43.3 Å². The van der Waals surface area contributed by atoms with E-state index in [1.807, 2.05) is 0 Å². The van der Waals surface area contributed by atoms with Gasteiger partial charge in [0.25, 0.3) is 0 Å². The van der Waals surface area contributed by atoms with Crippen molar-refractivity contribution in [3.05, 3.63) is 29.8 Å². The van der Waals surface area contributed by atoms with Crippen molar-refractivity contribution in [3.63, 3.8) is 0 Å². The Balaban J connectivity index is 2.89. The van der Waals surface area contributed by atoms with Gasteiger partial charge in [-0.3, -0.25) is 0 Å². The largest absolute Gasteiger partial charge is 0.382 e. The number of aryl methyl sites for hydroxylation is 1. The minimum atomic E-state index is -0.256. The predicted octanol–water partition coefficient (Wildman–Crippen LogP) is 1.36. The van der Waals surface area contributed by atoms with Gasteiger partial charge in [-0.1, -0.05) is 0 Å². The van der Waals surface area contributed by atoms with Gasteiger partial charge in [0.1, 0.15) is 17.3 Å². The maximum absolute atomic E-state index is 13.0. The normalized spacial score (nSPS) is 10.8. The van der Waals surface area contributed by atoms with Gasteiger partial charge in [0.05, 0.1) is 6.20 Å². The van der Waals surface area contributed by atoms with Crippen LogP contribution in [-0.2, 0) is 0 Å². The van der Waals surface area contributed by atoms with E-state index in [0.29, 0.717) is 17.0 Å². The number of aromatic nitrogens is 2. The summed E-state index contributed by atoms with van der Waals surface area (Å²) >= 11 is 0. The molecule has 0 aliphatic heterocycles. The number of halogens is 1. The van der Waals surface area contributed by atoms with Crippen LogP contribution >= 0.6 is 0 Å². The maximum atomic E-state index is 13.0. The van der Waals surface area contributed by atoms with Gasteiger partial charge in [-0.2, -0.15) is 0 Å². The molecule has 62 valence electrons. The highest BCUT2D eigenvalue weighted by atomic mass is 19.1. The zero-order chi connectivity index (χ0) is 8.72. The summed E-state index contributed by atoms with van der Waals surface area (Å²) in [6.45, 7) is 1.68. The van der Waals surface area contributed by atoms with Gasteiger partial charge in [0.2, 0.25) is 0 Å². The first-order valence-corrected chi connectivity index (χ1v) is 3.58. The van der Waals surface area contributed by atoms with Crippen LogP contribution in [0.15, 0.2) is 18.5 Å². The maximum Gasteiger partial charge on any atom is 0.145 e. The summed E-state index contributed by atoms with van der Waals surface area (Å²) in [7, 11) is 0. The van der Waals surface area contributed by atoms with Crippen molar-refractivity contribution in [2.24, 2.45) is 0 Å². The van der Waals surface area contributed by atoms with Crippen molar-refractivity contribution >= 4 is 11.5 Å². The summed E-state index contributed by atoms with van der Waals surface area (Å²) in [5.74, 6) is 0.150. The van der Waals surface area contributed by atoms with Crippen LogP contribution in [0.2, 0.25) is 0 Å². The van der Waals surface area contributed by atoms with E-state index in [0.717, 1.165) is 0 Å². The molecule has 2 aromatic rings. The van der Waals surface area contributed by atoms with E-state index >= 15 is 0 Å². The van der Waals surface area contributed by atoms with E-state index in [1.54, 1.807) is 23.7 Å². The molecule has 0 saturated heterocycles. The molecule has 0 spiro atoms. The van der Waals surface area contributed by atoms with Gasteiger partial charge in [0, 0.05) is 11.8 Å². The molecule has 2 N–H and O–H groups in total. The second-order valence-corrected chi connectivity index (χ2v) is 2.69. The van der Waals surface area contributed by atoms with E-state index in [-0.39, 0.29) is 5.82 Å².